The molecule has 1 aromatic carbocycles. The number of nitrogens with zero attached hydrogens (tertiary/aromatic N) is 1. The summed E-state index contributed by atoms with van der Waals surface area (Å²) in [6.07, 6.45) is 5.38. The van der Waals surface area contributed by atoms with Gasteiger partial charge in [-0.1, -0.05) is 12.5 Å². The molecule has 0 bridgehead atoms. The SMILES string of the molecule is CCOC(=O)C=CC1CCCCN1S(=O)(=O)c1c(C)cc(OC)cc1C. The number of rotatable bonds is 6. The van der Waals surface area contributed by atoms with Crippen LogP contribution < -0.4 is 4.74 Å². The highest BCUT2D eigenvalue weighted by atomic mass is 32.2. The summed E-state index contributed by atoms with van der Waals surface area (Å²) >= 11 is 0. The number of hydrogen-bond donors (Lipinski definition) is 0. The average molecular weight is 381 g/mol. The number of carbonyl (C=O) groups excluding carboxylic acids is 1. The lowest BCUT2D eigenvalue weighted by molar-refractivity contribution is -0.137. The molecule has 2 rings (SSSR count). The molecular weight excluding hydrogens is 354 g/mol. The Morgan fingerprint density at radius 3 is 2.50 bits per heavy atom. The van der Waals surface area contributed by atoms with Crippen molar-refractivity contribution in [2.24, 2.45) is 0 Å². The van der Waals surface area contributed by atoms with E-state index in [0.29, 0.717) is 41.3 Å². The van der Waals surface area contributed by atoms with Gasteiger partial charge in [-0.2, -0.15) is 4.31 Å². The molecule has 0 N–H and O–H groups in total. The number of benzene rings is 1. The van der Waals surface area contributed by atoms with Crippen molar-refractivity contribution < 1.29 is 22.7 Å². The van der Waals surface area contributed by atoms with Gasteiger partial charge in [-0.15, -0.1) is 0 Å². The molecule has 1 unspecified atom stereocenters. The van der Waals surface area contributed by atoms with Gasteiger partial charge in [0.2, 0.25) is 10.0 Å². The van der Waals surface area contributed by atoms with Crippen LogP contribution in [0, 0.1) is 13.8 Å². The highest BCUT2D eigenvalue weighted by Gasteiger charge is 2.34. The first-order valence-electron chi connectivity index (χ1n) is 8.83. The van der Waals surface area contributed by atoms with Crippen molar-refractivity contribution in [1.82, 2.24) is 4.31 Å². The first-order valence-corrected chi connectivity index (χ1v) is 10.3. The van der Waals surface area contributed by atoms with Crippen LogP contribution in [0.1, 0.15) is 37.3 Å². The Morgan fingerprint density at radius 2 is 1.92 bits per heavy atom. The summed E-state index contributed by atoms with van der Waals surface area (Å²) in [6.45, 7) is 6.01. The second-order valence-corrected chi connectivity index (χ2v) is 8.21. The summed E-state index contributed by atoms with van der Waals surface area (Å²) in [7, 11) is -2.12. The van der Waals surface area contributed by atoms with E-state index in [4.69, 9.17) is 9.47 Å². The molecule has 1 aliphatic rings. The summed E-state index contributed by atoms with van der Waals surface area (Å²) in [4.78, 5) is 11.9. The molecule has 1 heterocycles. The summed E-state index contributed by atoms with van der Waals surface area (Å²) in [5.74, 6) is 0.184. The van der Waals surface area contributed by atoms with E-state index in [9.17, 15) is 13.2 Å². The molecule has 0 aliphatic carbocycles. The predicted molar refractivity (Wildman–Crippen MR) is 99.8 cm³/mol. The molecule has 7 heteroatoms. The predicted octanol–water partition coefficient (Wildman–Crippen LogP) is 2.97. The minimum absolute atomic E-state index is 0.292. The average Bonchev–Trinajstić information content (AvgIpc) is 2.59. The van der Waals surface area contributed by atoms with Gasteiger partial charge in [0.1, 0.15) is 5.75 Å². The first-order chi connectivity index (χ1) is 12.3. The van der Waals surface area contributed by atoms with Gasteiger partial charge in [0.15, 0.2) is 0 Å². The van der Waals surface area contributed by atoms with Crippen molar-refractivity contribution in [1.29, 1.82) is 0 Å². The number of hydrogen-bond acceptors (Lipinski definition) is 5. The summed E-state index contributed by atoms with van der Waals surface area (Å²) in [5, 5.41) is 0. The van der Waals surface area contributed by atoms with E-state index in [1.54, 1.807) is 46.1 Å². The molecule has 1 fully saturated rings. The Hall–Kier alpha value is -1.86. The van der Waals surface area contributed by atoms with Crippen LogP contribution in [0.3, 0.4) is 0 Å². The number of methoxy groups -OCH3 is 1. The summed E-state index contributed by atoms with van der Waals surface area (Å²) in [5.41, 5.74) is 1.31. The van der Waals surface area contributed by atoms with Crippen molar-refractivity contribution in [3.05, 3.63) is 35.4 Å². The normalized spacial score (nSPS) is 18.8. The molecule has 0 aromatic heterocycles. The van der Waals surface area contributed by atoms with E-state index in [2.05, 4.69) is 0 Å². The third kappa shape index (κ3) is 4.45. The second-order valence-electron chi connectivity index (χ2n) is 6.38. The number of aryl methyl sites for hydroxylation is 2. The lowest BCUT2D eigenvalue weighted by Crippen LogP contribution is -2.43. The first kappa shape index (κ1) is 20.5. The van der Waals surface area contributed by atoms with Crippen LogP contribution in [0.25, 0.3) is 0 Å². The van der Waals surface area contributed by atoms with Gasteiger partial charge < -0.3 is 9.47 Å². The van der Waals surface area contributed by atoms with E-state index in [1.807, 2.05) is 0 Å². The fourth-order valence-electron chi connectivity index (χ4n) is 3.35. The van der Waals surface area contributed by atoms with Gasteiger partial charge in [0, 0.05) is 18.7 Å². The molecule has 144 valence electrons. The molecule has 1 atom stereocenters. The third-order valence-electron chi connectivity index (χ3n) is 4.48. The van der Waals surface area contributed by atoms with Crippen LogP contribution in [-0.4, -0.2) is 45.0 Å². The van der Waals surface area contributed by atoms with Gasteiger partial charge >= 0.3 is 5.97 Å². The highest BCUT2D eigenvalue weighted by Crippen LogP contribution is 2.32. The number of ether oxygens (including phenoxy) is 2. The van der Waals surface area contributed by atoms with Crippen LogP contribution in [0.15, 0.2) is 29.2 Å². The Balaban J connectivity index is 2.38. The smallest absolute Gasteiger partial charge is 0.330 e. The molecule has 0 spiro atoms. The lowest BCUT2D eigenvalue weighted by Gasteiger charge is -2.33. The molecule has 6 nitrogen and oxygen atoms in total. The molecule has 0 radical (unpaired) electrons. The van der Waals surface area contributed by atoms with Crippen molar-refractivity contribution in [3.63, 3.8) is 0 Å². The standard InChI is InChI=1S/C19H27NO5S/c1-5-25-18(21)10-9-16-8-6-7-11-20(16)26(22,23)19-14(2)12-17(24-4)13-15(19)3/h9-10,12-13,16H,5-8,11H2,1-4H3. The van der Waals surface area contributed by atoms with Crippen molar-refractivity contribution >= 4 is 16.0 Å². The Kier molecular flexibility index (Phi) is 6.83. The van der Waals surface area contributed by atoms with Crippen LogP contribution in [0.5, 0.6) is 5.75 Å². The maximum absolute atomic E-state index is 13.3. The fraction of sp³-hybridized carbons (Fsp3) is 0.526. The van der Waals surface area contributed by atoms with Crippen LogP contribution >= 0.6 is 0 Å². The number of piperidine rings is 1. The van der Waals surface area contributed by atoms with E-state index in [0.717, 1.165) is 12.8 Å². The summed E-state index contributed by atoms with van der Waals surface area (Å²) in [6, 6.07) is 3.11. The lowest BCUT2D eigenvalue weighted by atomic mass is 10.0. The minimum Gasteiger partial charge on any atom is -0.497 e. The van der Waals surface area contributed by atoms with Gasteiger partial charge in [-0.3, -0.25) is 0 Å². The van der Waals surface area contributed by atoms with Crippen LogP contribution in [0.4, 0.5) is 0 Å². The quantitative estimate of drug-likeness (QED) is 0.559. The van der Waals surface area contributed by atoms with Gasteiger partial charge in [-0.05, 0) is 56.9 Å². The zero-order valence-electron chi connectivity index (χ0n) is 15.8. The second kappa shape index (κ2) is 8.68. The van der Waals surface area contributed by atoms with Gasteiger partial charge in [0.25, 0.3) is 0 Å². The molecule has 1 aromatic rings. The maximum atomic E-state index is 13.3. The Labute approximate surface area is 155 Å². The van der Waals surface area contributed by atoms with Crippen LogP contribution in [0.2, 0.25) is 0 Å². The fourth-order valence-corrected chi connectivity index (χ4v) is 5.42. The Bertz CT molecular complexity index is 762. The molecule has 0 saturated carbocycles. The maximum Gasteiger partial charge on any atom is 0.330 e. The highest BCUT2D eigenvalue weighted by molar-refractivity contribution is 7.89. The van der Waals surface area contributed by atoms with Crippen molar-refractivity contribution in [3.8, 4) is 5.75 Å². The van der Waals surface area contributed by atoms with E-state index in [1.165, 1.54) is 10.4 Å². The molecule has 26 heavy (non-hydrogen) atoms. The van der Waals surface area contributed by atoms with Crippen molar-refractivity contribution in [2.75, 3.05) is 20.3 Å². The zero-order valence-corrected chi connectivity index (χ0v) is 16.6. The van der Waals surface area contributed by atoms with Crippen LogP contribution in [-0.2, 0) is 19.6 Å². The van der Waals surface area contributed by atoms with Gasteiger partial charge in [-0.25, -0.2) is 13.2 Å². The monoisotopic (exact) mass is 381 g/mol. The molecule has 1 aliphatic heterocycles. The molecule has 0 amide bonds. The number of sulfonamides is 1. The largest absolute Gasteiger partial charge is 0.497 e. The number of carbonyl (C=O) groups is 1. The van der Waals surface area contributed by atoms with E-state index in [-0.39, 0.29) is 6.04 Å². The third-order valence-corrected chi connectivity index (χ3v) is 6.71. The van der Waals surface area contributed by atoms with Gasteiger partial charge in [0.05, 0.1) is 18.6 Å². The zero-order chi connectivity index (χ0) is 19.3. The Morgan fingerprint density at radius 1 is 1.27 bits per heavy atom. The van der Waals surface area contributed by atoms with E-state index < -0.39 is 16.0 Å². The number of esters is 1. The molecule has 1 saturated heterocycles. The van der Waals surface area contributed by atoms with Crippen molar-refractivity contribution in [2.45, 2.75) is 51.0 Å². The molecular formula is C19H27NO5S. The summed E-state index contributed by atoms with van der Waals surface area (Å²) < 4.78 is 38.3. The topological polar surface area (TPSA) is 72.9 Å². The van der Waals surface area contributed by atoms with E-state index >= 15 is 0 Å². The minimum atomic E-state index is -3.68.